The molecule has 0 aromatic heterocycles. The second kappa shape index (κ2) is 13.6. The molecule has 0 radical (unpaired) electrons. The molecule has 0 aliphatic heterocycles. The number of allylic oxidation sites excluding steroid dienone is 8. The van der Waals surface area contributed by atoms with Gasteiger partial charge >= 0.3 is 38.5 Å². The van der Waals surface area contributed by atoms with Crippen LogP contribution in [0, 0.1) is 36.2 Å². The molecule has 0 saturated heterocycles. The van der Waals surface area contributed by atoms with Gasteiger partial charge in [0.2, 0.25) is 0 Å². The van der Waals surface area contributed by atoms with Crippen molar-refractivity contribution < 1.29 is 19.2 Å². The molecule has 4 unspecified atom stereocenters. The molecule has 0 nitrogen and oxygen atoms in total. The van der Waals surface area contributed by atoms with E-state index in [2.05, 4.69) is 88.1 Å². The maximum absolute atomic E-state index is 3.12. The van der Waals surface area contributed by atoms with Crippen molar-refractivity contribution >= 4 is 31.0 Å². The van der Waals surface area contributed by atoms with E-state index < -0.39 is 0 Å². The fourth-order valence-electron chi connectivity index (χ4n) is 3.97. The molecular weight excluding hydrogens is 399 g/mol. The monoisotopic (exact) mass is 430 g/mol. The van der Waals surface area contributed by atoms with Gasteiger partial charge in [-0.15, -0.1) is 43.2 Å². The molecule has 2 saturated carbocycles. The molecule has 4 atom stereocenters. The van der Waals surface area contributed by atoms with Gasteiger partial charge in [0, 0.05) is 0 Å². The summed E-state index contributed by atoms with van der Waals surface area (Å²) in [6.45, 7) is 6.60. The van der Waals surface area contributed by atoms with Crippen molar-refractivity contribution in [3.05, 3.63) is 54.5 Å². The van der Waals surface area contributed by atoms with E-state index in [9.17, 15) is 0 Å². The molecular formula is C21H32Cl2SiTi. The topological polar surface area (TPSA) is 0 Å². The van der Waals surface area contributed by atoms with Gasteiger partial charge in [0.05, 0.1) is 0 Å². The fraction of sp³-hybridized carbons (Fsp3) is 0.571. The molecule has 0 heterocycles. The summed E-state index contributed by atoms with van der Waals surface area (Å²) < 4.78 is 0. The van der Waals surface area contributed by atoms with E-state index in [-0.39, 0.29) is 31.0 Å². The molecule has 4 aliphatic carbocycles. The van der Waals surface area contributed by atoms with Gasteiger partial charge in [-0.2, -0.15) is 12.0 Å². The number of hydrogen-bond donors (Lipinski definition) is 0. The number of hydrogen-bond acceptors (Lipinski definition) is 0. The molecule has 2 fully saturated rings. The van der Waals surface area contributed by atoms with Crippen molar-refractivity contribution in [2.45, 2.75) is 52.1 Å². The van der Waals surface area contributed by atoms with Gasteiger partial charge in [0.1, 0.15) is 0 Å². The Kier molecular flexibility index (Phi) is 13.9. The number of halogens is 2. The largest absolute Gasteiger partial charge is 0.147 e. The Hall–Kier alpha value is 0.471. The van der Waals surface area contributed by atoms with Crippen molar-refractivity contribution in [3.8, 4) is 0 Å². The standard InChI is InChI=1S/C13H17.C6H7.C2H6Si.2ClH.Ti/c1-3-7-12-10(5-1)9-11-6-2-4-8-13(11)12;1-6-4-2-3-5-6;1-3-2;;;/h1,3,5,7,9-13H,2,4,6,8H2;2,4H,3H2,1H3;1-2H3;2*1H;/q2*-1;;;;+2. The van der Waals surface area contributed by atoms with Crippen LogP contribution in [0.1, 0.15) is 39.0 Å². The van der Waals surface area contributed by atoms with E-state index >= 15 is 0 Å². The summed E-state index contributed by atoms with van der Waals surface area (Å²) in [6, 6.07) is 0. The van der Waals surface area contributed by atoms with Gasteiger partial charge in [-0.1, -0.05) is 56.8 Å². The van der Waals surface area contributed by atoms with Crippen LogP contribution in [0.2, 0.25) is 13.1 Å². The van der Waals surface area contributed by atoms with Crippen LogP contribution in [0.4, 0.5) is 0 Å². The zero-order valence-electron chi connectivity index (χ0n) is 15.7. The third kappa shape index (κ3) is 8.80. The van der Waals surface area contributed by atoms with Crippen molar-refractivity contribution in [1.82, 2.24) is 0 Å². The van der Waals surface area contributed by atoms with E-state index in [1.165, 1.54) is 31.3 Å². The van der Waals surface area contributed by atoms with Gasteiger partial charge < -0.3 is 6.42 Å². The normalized spacial score (nSPS) is 30.2. The minimum atomic E-state index is 0. The van der Waals surface area contributed by atoms with Gasteiger partial charge in [0.15, 0.2) is 0 Å². The predicted molar refractivity (Wildman–Crippen MR) is 113 cm³/mol. The van der Waals surface area contributed by atoms with Crippen LogP contribution in [-0.2, 0) is 19.2 Å². The quantitative estimate of drug-likeness (QED) is 0.296. The third-order valence-electron chi connectivity index (χ3n) is 4.93. The Bertz CT molecular complexity index is 515. The summed E-state index contributed by atoms with van der Waals surface area (Å²) in [5.41, 5.74) is 1.27. The Balaban J connectivity index is 0.000000410. The van der Waals surface area contributed by atoms with E-state index in [1.54, 1.807) is 0 Å². The van der Waals surface area contributed by atoms with Gasteiger partial charge in [0.25, 0.3) is 0 Å². The first-order valence-electron chi connectivity index (χ1n) is 9.03. The van der Waals surface area contributed by atoms with Gasteiger partial charge in [-0.05, 0) is 5.92 Å². The Morgan fingerprint density at radius 1 is 1.12 bits per heavy atom. The first kappa shape index (κ1) is 25.5. The molecule has 0 aromatic carbocycles. The summed E-state index contributed by atoms with van der Waals surface area (Å²) in [6.07, 6.45) is 26.2. The minimum absolute atomic E-state index is 0. The van der Waals surface area contributed by atoms with Gasteiger partial charge in [-0.25, -0.2) is 11.6 Å². The number of fused-ring (bicyclic) bond motifs is 3. The van der Waals surface area contributed by atoms with Gasteiger partial charge in [-0.3, -0.25) is 6.08 Å². The van der Waals surface area contributed by atoms with Crippen LogP contribution in [0.5, 0.6) is 0 Å². The first-order valence-corrected chi connectivity index (χ1v) is 13.9. The van der Waals surface area contributed by atoms with Crippen LogP contribution in [0.3, 0.4) is 0 Å². The molecule has 138 valence electrons. The Morgan fingerprint density at radius 3 is 2.32 bits per heavy atom. The second-order valence-electron chi connectivity index (χ2n) is 7.20. The summed E-state index contributed by atoms with van der Waals surface area (Å²) in [7, 11) is 0. The van der Waals surface area contributed by atoms with Crippen LogP contribution in [0.25, 0.3) is 0 Å². The molecule has 0 aromatic rings. The summed E-state index contributed by atoms with van der Waals surface area (Å²) in [5.74, 6) is 3.56. The fourth-order valence-corrected chi connectivity index (χ4v) is 3.97. The summed E-state index contributed by atoms with van der Waals surface area (Å²) >= 11 is 2.27. The molecule has 0 spiro atoms. The average Bonchev–Trinajstić information content (AvgIpc) is 3.13. The van der Waals surface area contributed by atoms with Crippen LogP contribution < -0.4 is 0 Å². The first-order chi connectivity index (χ1) is 11.1. The third-order valence-corrected chi connectivity index (χ3v) is 4.93. The van der Waals surface area contributed by atoms with E-state index in [4.69, 9.17) is 0 Å². The van der Waals surface area contributed by atoms with Crippen LogP contribution in [0.15, 0.2) is 42.0 Å². The van der Waals surface area contributed by atoms with Crippen LogP contribution >= 0.6 is 24.8 Å². The van der Waals surface area contributed by atoms with E-state index in [0.29, 0.717) is 0 Å². The summed E-state index contributed by atoms with van der Waals surface area (Å²) in [5, 5.41) is 0. The number of rotatable bonds is 0. The van der Waals surface area contributed by atoms with Crippen molar-refractivity contribution in [2.24, 2.45) is 23.7 Å². The van der Waals surface area contributed by atoms with Crippen molar-refractivity contribution in [1.29, 1.82) is 0 Å². The second-order valence-corrected chi connectivity index (χ2v) is 13.9. The van der Waals surface area contributed by atoms with Crippen LogP contribution in [-0.4, -0.2) is 6.19 Å². The molecule has 4 heteroatoms. The predicted octanol–water partition coefficient (Wildman–Crippen LogP) is 6.69. The molecule has 0 amide bonds. The smallest absolute Gasteiger partial charge is 0.147 e. The van der Waals surface area contributed by atoms with Crippen molar-refractivity contribution in [3.63, 3.8) is 0 Å². The molecule has 4 aliphatic rings. The molecule has 25 heavy (non-hydrogen) atoms. The van der Waals surface area contributed by atoms with Crippen molar-refractivity contribution in [2.75, 3.05) is 0 Å². The molecule has 4 rings (SSSR count). The SMILES string of the molecule is C1=CC2[CH-]C3CCCCC3C2C=C1.CC1=[C-]CC=C1.C[Si](C)=[Ti+2].Cl.Cl. The van der Waals surface area contributed by atoms with E-state index in [0.717, 1.165) is 30.1 Å². The average molecular weight is 431 g/mol. The zero-order chi connectivity index (χ0) is 16.7. The zero-order valence-corrected chi connectivity index (χ0v) is 19.9. The maximum atomic E-state index is 3.12. The molecule has 0 N–H and O–H groups in total. The molecule has 0 bridgehead atoms. The summed E-state index contributed by atoms with van der Waals surface area (Å²) in [4.78, 5) is 0. The Labute approximate surface area is 179 Å². The Morgan fingerprint density at radius 2 is 1.76 bits per heavy atom. The maximum Gasteiger partial charge on any atom is -0.147 e. The van der Waals surface area contributed by atoms with E-state index in [1.807, 2.05) is 0 Å². The minimum Gasteiger partial charge on any atom is -0.147 e.